The van der Waals surface area contributed by atoms with Crippen LogP contribution in [0.25, 0.3) is 0 Å². The standard InChI is InChI=1S/C11H16FN3O2S/c1-11(2)8-13-6-7-15(11)18(16,17)10-9(12)4-3-5-14-10/h3-5,13H,6-8H2,1-2H3. The number of rotatable bonds is 2. The second-order valence-electron chi connectivity index (χ2n) is 4.86. The van der Waals surface area contributed by atoms with Gasteiger partial charge in [0.25, 0.3) is 10.0 Å². The number of aromatic nitrogens is 1. The summed E-state index contributed by atoms with van der Waals surface area (Å²) in [7, 11) is -3.89. The molecule has 7 heteroatoms. The first-order chi connectivity index (χ1) is 8.36. The molecule has 0 bridgehead atoms. The molecule has 2 heterocycles. The van der Waals surface area contributed by atoms with Crippen molar-refractivity contribution >= 4 is 10.0 Å². The number of nitrogens with one attached hydrogen (secondary N) is 1. The van der Waals surface area contributed by atoms with Gasteiger partial charge in [0, 0.05) is 31.4 Å². The van der Waals surface area contributed by atoms with Crippen molar-refractivity contribution in [3.8, 4) is 0 Å². The second-order valence-corrected chi connectivity index (χ2v) is 6.63. The van der Waals surface area contributed by atoms with Gasteiger partial charge in [0.2, 0.25) is 5.03 Å². The summed E-state index contributed by atoms with van der Waals surface area (Å²) in [6.07, 6.45) is 1.28. The first-order valence-corrected chi connectivity index (χ1v) is 7.14. The van der Waals surface area contributed by atoms with Gasteiger partial charge in [-0.3, -0.25) is 0 Å². The summed E-state index contributed by atoms with van der Waals surface area (Å²) in [5, 5.41) is 2.62. The van der Waals surface area contributed by atoms with Crippen LogP contribution in [0.15, 0.2) is 23.4 Å². The maximum atomic E-state index is 13.6. The Morgan fingerprint density at radius 1 is 1.50 bits per heavy atom. The lowest BCUT2D eigenvalue weighted by molar-refractivity contribution is 0.185. The van der Waals surface area contributed by atoms with E-state index in [9.17, 15) is 12.8 Å². The number of nitrogens with zero attached hydrogens (tertiary/aromatic N) is 2. The van der Waals surface area contributed by atoms with Crippen molar-refractivity contribution in [2.75, 3.05) is 19.6 Å². The molecule has 0 amide bonds. The molecule has 1 aromatic heterocycles. The van der Waals surface area contributed by atoms with Gasteiger partial charge in [-0.05, 0) is 26.0 Å². The third-order valence-electron chi connectivity index (χ3n) is 2.98. The highest BCUT2D eigenvalue weighted by atomic mass is 32.2. The molecule has 0 atom stereocenters. The van der Waals surface area contributed by atoms with E-state index < -0.39 is 26.4 Å². The number of hydrogen-bond donors (Lipinski definition) is 1. The molecule has 0 spiro atoms. The molecule has 1 aromatic rings. The molecule has 0 aromatic carbocycles. The summed E-state index contributed by atoms with van der Waals surface area (Å²) in [6.45, 7) is 5.00. The predicted molar refractivity (Wildman–Crippen MR) is 65.0 cm³/mol. The second kappa shape index (κ2) is 4.56. The van der Waals surface area contributed by atoms with Crippen molar-refractivity contribution < 1.29 is 12.8 Å². The van der Waals surface area contributed by atoms with Crippen LogP contribution in [0.3, 0.4) is 0 Å². The van der Waals surface area contributed by atoms with Crippen LogP contribution >= 0.6 is 0 Å². The summed E-state index contributed by atoms with van der Waals surface area (Å²) in [6, 6.07) is 2.48. The zero-order chi connectivity index (χ0) is 13.4. The number of sulfonamides is 1. The van der Waals surface area contributed by atoms with Crippen LogP contribution in [-0.2, 0) is 10.0 Å². The molecular weight excluding hydrogens is 257 g/mol. The quantitative estimate of drug-likeness (QED) is 0.857. The monoisotopic (exact) mass is 273 g/mol. The Morgan fingerprint density at radius 3 is 2.83 bits per heavy atom. The maximum Gasteiger partial charge on any atom is 0.264 e. The summed E-state index contributed by atoms with van der Waals surface area (Å²) in [5.41, 5.74) is -0.596. The van der Waals surface area contributed by atoms with Crippen LogP contribution in [0.1, 0.15) is 13.8 Å². The molecule has 1 fully saturated rings. The zero-order valence-electron chi connectivity index (χ0n) is 10.4. The lowest BCUT2D eigenvalue weighted by atomic mass is 10.0. The highest BCUT2D eigenvalue weighted by Crippen LogP contribution is 2.25. The predicted octanol–water partition coefficient (Wildman–Crippen LogP) is 0.593. The molecule has 5 nitrogen and oxygen atoms in total. The van der Waals surface area contributed by atoms with Crippen LogP contribution in [0.2, 0.25) is 0 Å². The van der Waals surface area contributed by atoms with E-state index in [-0.39, 0.29) is 0 Å². The number of halogens is 1. The molecule has 1 aliphatic heterocycles. The molecule has 100 valence electrons. The summed E-state index contributed by atoms with van der Waals surface area (Å²) in [4.78, 5) is 3.67. The van der Waals surface area contributed by atoms with Crippen LogP contribution in [0.5, 0.6) is 0 Å². The van der Waals surface area contributed by atoms with Gasteiger partial charge in [-0.1, -0.05) is 0 Å². The molecule has 1 saturated heterocycles. The summed E-state index contributed by atoms with van der Waals surface area (Å²) >= 11 is 0. The Balaban J connectivity index is 2.46. The molecule has 0 aliphatic carbocycles. The fraction of sp³-hybridized carbons (Fsp3) is 0.545. The molecule has 0 unspecified atom stereocenters. The van der Waals surface area contributed by atoms with E-state index in [2.05, 4.69) is 10.3 Å². The minimum absolute atomic E-state index is 0.311. The Hall–Kier alpha value is -1.05. The average Bonchev–Trinajstić information content (AvgIpc) is 2.28. The number of hydrogen-bond acceptors (Lipinski definition) is 4. The van der Waals surface area contributed by atoms with Gasteiger partial charge >= 0.3 is 0 Å². The molecule has 0 radical (unpaired) electrons. The lowest BCUT2D eigenvalue weighted by Crippen LogP contribution is -2.59. The Bertz CT molecular complexity index is 545. The molecular formula is C11H16FN3O2S. The van der Waals surface area contributed by atoms with Crippen LogP contribution < -0.4 is 5.32 Å². The van der Waals surface area contributed by atoms with E-state index in [0.717, 1.165) is 6.07 Å². The smallest absolute Gasteiger partial charge is 0.264 e. The van der Waals surface area contributed by atoms with Gasteiger partial charge in [0.1, 0.15) is 0 Å². The van der Waals surface area contributed by atoms with Crippen molar-refractivity contribution in [2.45, 2.75) is 24.4 Å². The van der Waals surface area contributed by atoms with E-state index >= 15 is 0 Å². The molecule has 0 saturated carbocycles. The van der Waals surface area contributed by atoms with Gasteiger partial charge in [-0.2, -0.15) is 4.31 Å². The van der Waals surface area contributed by atoms with Crippen molar-refractivity contribution in [1.82, 2.24) is 14.6 Å². The molecule has 18 heavy (non-hydrogen) atoms. The number of piperazine rings is 1. The van der Waals surface area contributed by atoms with Crippen molar-refractivity contribution in [2.24, 2.45) is 0 Å². The van der Waals surface area contributed by atoms with Crippen molar-refractivity contribution in [3.05, 3.63) is 24.1 Å². The molecule has 2 rings (SSSR count). The Kier molecular flexibility index (Phi) is 3.39. The van der Waals surface area contributed by atoms with E-state index in [0.29, 0.717) is 19.6 Å². The van der Waals surface area contributed by atoms with Gasteiger partial charge in [-0.15, -0.1) is 0 Å². The normalized spacial score (nSPS) is 20.8. The molecule has 1 N–H and O–H groups in total. The van der Waals surface area contributed by atoms with Crippen molar-refractivity contribution in [3.63, 3.8) is 0 Å². The summed E-state index contributed by atoms with van der Waals surface area (Å²) < 4.78 is 39.8. The third kappa shape index (κ3) is 2.25. The van der Waals surface area contributed by atoms with Crippen LogP contribution in [0, 0.1) is 5.82 Å². The Labute approximate surface area is 106 Å². The maximum absolute atomic E-state index is 13.6. The van der Waals surface area contributed by atoms with Gasteiger partial charge in [0.05, 0.1) is 0 Å². The van der Waals surface area contributed by atoms with Crippen molar-refractivity contribution in [1.29, 1.82) is 0 Å². The molecule has 1 aliphatic rings. The fourth-order valence-corrected chi connectivity index (χ4v) is 3.84. The Morgan fingerprint density at radius 2 is 2.22 bits per heavy atom. The van der Waals surface area contributed by atoms with E-state index in [1.165, 1.54) is 16.6 Å². The van der Waals surface area contributed by atoms with Crippen LogP contribution in [0.4, 0.5) is 4.39 Å². The first kappa shape index (κ1) is 13.4. The minimum Gasteiger partial charge on any atom is -0.314 e. The highest BCUT2D eigenvalue weighted by molar-refractivity contribution is 7.89. The van der Waals surface area contributed by atoms with Crippen LogP contribution in [-0.4, -0.2) is 42.9 Å². The van der Waals surface area contributed by atoms with E-state index in [1.807, 2.05) is 0 Å². The first-order valence-electron chi connectivity index (χ1n) is 5.70. The largest absolute Gasteiger partial charge is 0.314 e. The fourth-order valence-electron chi connectivity index (χ4n) is 2.08. The SMILES string of the molecule is CC1(C)CNCCN1S(=O)(=O)c1ncccc1F. The topological polar surface area (TPSA) is 62.3 Å². The minimum atomic E-state index is -3.89. The zero-order valence-corrected chi connectivity index (χ0v) is 11.2. The van der Waals surface area contributed by atoms with Gasteiger partial charge in [0.15, 0.2) is 5.82 Å². The van der Waals surface area contributed by atoms with E-state index in [4.69, 9.17) is 0 Å². The average molecular weight is 273 g/mol. The highest BCUT2D eigenvalue weighted by Gasteiger charge is 2.40. The van der Waals surface area contributed by atoms with E-state index in [1.54, 1.807) is 13.8 Å². The lowest BCUT2D eigenvalue weighted by Gasteiger charge is -2.41. The summed E-state index contributed by atoms with van der Waals surface area (Å²) in [5.74, 6) is -0.813. The van der Waals surface area contributed by atoms with Gasteiger partial charge < -0.3 is 5.32 Å². The van der Waals surface area contributed by atoms with Gasteiger partial charge in [-0.25, -0.2) is 17.8 Å². The number of pyridine rings is 1. The third-order valence-corrected chi connectivity index (χ3v) is 5.03.